The monoisotopic (exact) mass is 185 g/mol. The molecule has 0 bridgehead atoms. The highest BCUT2D eigenvalue weighted by Gasteiger charge is 2.20. The summed E-state index contributed by atoms with van der Waals surface area (Å²) in [5, 5.41) is 0. The molecule has 1 heterocycles. The van der Waals surface area contributed by atoms with Crippen molar-refractivity contribution in [1.82, 2.24) is 4.90 Å². The molecule has 0 amide bonds. The molecule has 1 saturated heterocycles. The highest BCUT2D eigenvalue weighted by Crippen LogP contribution is 2.17. The Balaban J connectivity index is 2.26. The number of hydrogen-bond acceptors (Lipinski definition) is 3. The van der Waals surface area contributed by atoms with E-state index in [4.69, 9.17) is 11.5 Å². The van der Waals surface area contributed by atoms with E-state index >= 15 is 0 Å². The van der Waals surface area contributed by atoms with Crippen LogP contribution in [-0.2, 0) is 0 Å². The van der Waals surface area contributed by atoms with E-state index < -0.39 is 0 Å². The largest absolute Gasteiger partial charge is 0.330 e. The van der Waals surface area contributed by atoms with Gasteiger partial charge in [-0.3, -0.25) is 0 Å². The first-order valence-corrected chi connectivity index (χ1v) is 5.52. The Morgan fingerprint density at radius 2 is 1.69 bits per heavy atom. The number of likely N-dealkylation sites (tertiary alicyclic amines) is 1. The van der Waals surface area contributed by atoms with E-state index in [2.05, 4.69) is 4.90 Å². The fourth-order valence-electron chi connectivity index (χ4n) is 2.16. The van der Waals surface area contributed by atoms with Crippen molar-refractivity contribution in [2.75, 3.05) is 26.2 Å². The maximum atomic E-state index is 5.61. The Bertz CT molecular complexity index is 121. The Kier molecular flexibility index (Phi) is 5.35. The first kappa shape index (κ1) is 11.0. The van der Waals surface area contributed by atoms with Gasteiger partial charge in [0.25, 0.3) is 0 Å². The number of hydrogen-bond donors (Lipinski definition) is 2. The molecule has 4 N–H and O–H groups in total. The lowest BCUT2D eigenvalue weighted by Gasteiger charge is -2.26. The molecule has 0 aromatic carbocycles. The van der Waals surface area contributed by atoms with Crippen LogP contribution in [0.5, 0.6) is 0 Å². The molecule has 1 atom stereocenters. The van der Waals surface area contributed by atoms with Gasteiger partial charge in [-0.2, -0.15) is 0 Å². The molecule has 0 aliphatic carbocycles. The van der Waals surface area contributed by atoms with Gasteiger partial charge in [0.05, 0.1) is 0 Å². The molecule has 13 heavy (non-hydrogen) atoms. The quantitative estimate of drug-likeness (QED) is 0.635. The summed E-state index contributed by atoms with van der Waals surface area (Å²) in [6.07, 6.45) is 6.24. The summed E-state index contributed by atoms with van der Waals surface area (Å²) in [7, 11) is 0. The number of nitrogens with zero attached hydrogens (tertiary/aromatic N) is 1. The fraction of sp³-hybridized carbons (Fsp3) is 1.00. The summed E-state index contributed by atoms with van der Waals surface area (Å²) in [6, 6.07) is 0.705. The molecule has 1 rings (SSSR count). The second-order valence-corrected chi connectivity index (χ2v) is 3.91. The van der Waals surface area contributed by atoms with Gasteiger partial charge in [0.2, 0.25) is 0 Å². The van der Waals surface area contributed by atoms with Crippen LogP contribution in [0.4, 0.5) is 0 Å². The normalized spacial score (nSPS) is 20.8. The van der Waals surface area contributed by atoms with Gasteiger partial charge in [0.15, 0.2) is 0 Å². The van der Waals surface area contributed by atoms with Crippen molar-refractivity contribution >= 4 is 0 Å². The Labute approximate surface area is 81.5 Å². The zero-order valence-corrected chi connectivity index (χ0v) is 8.54. The van der Waals surface area contributed by atoms with Crippen LogP contribution in [0.3, 0.4) is 0 Å². The molecule has 0 aromatic heterocycles. The third kappa shape index (κ3) is 3.63. The first-order valence-electron chi connectivity index (χ1n) is 5.52. The Morgan fingerprint density at radius 3 is 2.23 bits per heavy atom. The van der Waals surface area contributed by atoms with E-state index in [-0.39, 0.29) is 0 Å². The van der Waals surface area contributed by atoms with Crippen LogP contribution >= 0.6 is 0 Å². The first-order chi connectivity index (χ1) is 6.38. The van der Waals surface area contributed by atoms with E-state index in [1.165, 1.54) is 32.4 Å². The molecule has 0 radical (unpaired) electrons. The molecule has 1 fully saturated rings. The summed E-state index contributed by atoms with van der Waals surface area (Å²) in [4.78, 5) is 2.59. The van der Waals surface area contributed by atoms with E-state index in [9.17, 15) is 0 Å². The summed E-state index contributed by atoms with van der Waals surface area (Å²) < 4.78 is 0. The Morgan fingerprint density at radius 1 is 1.00 bits per heavy atom. The minimum atomic E-state index is 0.705. The van der Waals surface area contributed by atoms with Crippen LogP contribution in [0.15, 0.2) is 0 Å². The van der Waals surface area contributed by atoms with Gasteiger partial charge >= 0.3 is 0 Å². The molecular formula is C10H23N3. The average Bonchev–Trinajstić information content (AvgIpc) is 2.65. The van der Waals surface area contributed by atoms with Crippen molar-refractivity contribution in [3.63, 3.8) is 0 Å². The molecule has 0 saturated carbocycles. The van der Waals surface area contributed by atoms with Crippen LogP contribution in [0.2, 0.25) is 0 Å². The van der Waals surface area contributed by atoms with Crippen LogP contribution in [0, 0.1) is 0 Å². The maximum Gasteiger partial charge on any atom is 0.0108 e. The second-order valence-electron chi connectivity index (χ2n) is 3.91. The SMILES string of the molecule is NCCCC(CCN)N1CCCC1. The van der Waals surface area contributed by atoms with Gasteiger partial charge in [-0.1, -0.05) is 0 Å². The van der Waals surface area contributed by atoms with Crippen molar-refractivity contribution in [2.24, 2.45) is 11.5 Å². The van der Waals surface area contributed by atoms with Crippen molar-refractivity contribution in [2.45, 2.75) is 38.1 Å². The second kappa shape index (κ2) is 6.35. The minimum absolute atomic E-state index is 0.705. The van der Waals surface area contributed by atoms with E-state index in [1.54, 1.807) is 0 Å². The predicted octanol–water partition coefficient (Wildman–Crippen LogP) is 0.539. The summed E-state index contributed by atoms with van der Waals surface area (Å²) >= 11 is 0. The Hall–Kier alpha value is -0.120. The van der Waals surface area contributed by atoms with Crippen LogP contribution in [0.25, 0.3) is 0 Å². The lowest BCUT2D eigenvalue weighted by molar-refractivity contribution is 0.219. The van der Waals surface area contributed by atoms with E-state index in [0.29, 0.717) is 6.04 Å². The van der Waals surface area contributed by atoms with Crippen molar-refractivity contribution < 1.29 is 0 Å². The van der Waals surface area contributed by atoms with Crippen molar-refractivity contribution in [3.8, 4) is 0 Å². The predicted molar refractivity (Wildman–Crippen MR) is 56.6 cm³/mol. The minimum Gasteiger partial charge on any atom is -0.330 e. The van der Waals surface area contributed by atoms with E-state index in [1.807, 2.05) is 0 Å². The van der Waals surface area contributed by atoms with Gasteiger partial charge in [-0.05, 0) is 58.3 Å². The fourth-order valence-corrected chi connectivity index (χ4v) is 2.16. The van der Waals surface area contributed by atoms with Gasteiger partial charge < -0.3 is 16.4 Å². The zero-order chi connectivity index (χ0) is 9.52. The third-order valence-electron chi connectivity index (χ3n) is 2.90. The molecule has 0 aromatic rings. The van der Waals surface area contributed by atoms with Gasteiger partial charge in [0, 0.05) is 6.04 Å². The van der Waals surface area contributed by atoms with Crippen LogP contribution in [0.1, 0.15) is 32.1 Å². The molecule has 1 aliphatic rings. The molecule has 3 nitrogen and oxygen atoms in total. The van der Waals surface area contributed by atoms with Gasteiger partial charge in [-0.25, -0.2) is 0 Å². The van der Waals surface area contributed by atoms with Crippen molar-refractivity contribution in [3.05, 3.63) is 0 Å². The molecular weight excluding hydrogens is 162 g/mol. The highest BCUT2D eigenvalue weighted by atomic mass is 15.2. The molecule has 0 spiro atoms. The summed E-state index contributed by atoms with van der Waals surface area (Å²) in [6.45, 7) is 4.17. The third-order valence-corrected chi connectivity index (χ3v) is 2.90. The van der Waals surface area contributed by atoms with Crippen LogP contribution < -0.4 is 11.5 Å². The van der Waals surface area contributed by atoms with Crippen LogP contribution in [-0.4, -0.2) is 37.1 Å². The average molecular weight is 185 g/mol. The van der Waals surface area contributed by atoms with E-state index in [0.717, 1.165) is 25.9 Å². The summed E-state index contributed by atoms with van der Waals surface area (Å²) in [5.74, 6) is 0. The van der Waals surface area contributed by atoms with Gasteiger partial charge in [-0.15, -0.1) is 0 Å². The maximum absolute atomic E-state index is 5.61. The number of nitrogens with two attached hydrogens (primary N) is 2. The van der Waals surface area contributed by atoms with Crippen molar-refractivity contribution in [1.29, 1.82) is 0 Å². The smallest absolute Gasteiger partial charge is 0.0108 e. The zero-order valence-electron chi connectivity index (χ0n) is 8.54. The molecule has 1 unspecified atom stereocenters. The molecule has 3 heteroatoms. The highest BCUT2D eigenvalue weighted by molar-refractivity contribution is 4.76. The standard InChI is InChI=1S/C10H23N3/c11-6-3-4-10(5-7-12)13-8-1-2-9-13/h10H,1-9,11-12H2. The molecule has 1 aliphatic heterocycles. The summed E-state index contributed by atoms with van der Waals surface area (Å²) in [5.41, 5.74) is 11.1. The lowest BCUT2D eigenvalue weighted by Crippen LogP contribution is -2.34. The lowest BCUT2D eigenvalue weighted by atomic mass is 10.1. The molecule has 78 valence electrons. The number of rotatable bonds is 6. The topological polar surface area (TPSA) is 55.3 Å². The van der Waals surface area contributed by atoms with Gasteiger partial charge in [0.1, 0.15) is 0 Å².